The van der Waals surface area contributed by atoms with Crippen molar-refractivity contribution >= 4 is 23.4 Å². The van der Waals surface area contributed by atoms with Crippen molar-refractivity contribution in [2.75, 3.05) is 54.1 Å². The first-order valence-corrected chi connectivity index (χ1v) is 16.2. The molecular formula is C34H41N9O4. The molecule has 0 aliphatic carbocycles. The number of hydrogen-bond donors (Lipinski definition) is 1. The van der Waals surface area contributed by atoms with Gasteiger partial charge in [0, 0.05) is 67.2 Å². The number of nitrogens with zero attached hydrogens (tertiary/aromatic N) is 9. The third-order valence-corrected chi connectivity index (χ3v) is 9.06. The van der Waals surface area contributed by atoms with Crippen LogP contribution in [0.15, 0.2) is 90.6 Å². The molecule has 13 heteroatoms. The molecule has 2 aromatic carbocycles. The van der Waals surface area contributed by atoms with E-state index in [9.17, 15) is 5.11 Å². The van der Waals surface area contributed by atoms with Crippen molar-refractivity contribution in [1.29, 1.82) is 0 Å². The first-order valence-electron chi connectivity index (χ1n) is 16.2. The van der Waals surface area contributed by atoms with Gasteiger partial charge < -0.3 is 29.1 Å². The molecule has 1 N–H and O–H groups in total. The van der Waals surface area contributed by atoms with Crippen LogP contribution in [0.25, 0.3) is 0 Å². The summed E-state index contributed by atoms with van der Waals surface area (Å²) in [4.78, 5) is 12.3. The molecule has 13 nitrogen and oxygen atoms in total. The number of piperazine rings is 1. The Morgan fingerprint density at radius 1 is 0.872 bits per heavy atom. The molecule has 2 fully saturated rings. The van der Waals surface area contributed by atoms with Crippen LogP contribution in [0.1, 0.15) is 25.8 Å². The Labute approximate surface area is 274 Å². The summed E-state index contributed by atoms with van der Waals surface area (Å²) in [5, 5.41) is 25.4. The fourth-order valence-corrected chi connectivity index (χ4v) is 6.18. The molecule has 246 valence electrons. The summed E-state index contributed by atoms with van der Waals surface area (Å²) in [6, 6.07) is 20.5. The number of aliphatic hydroxyl groups excluding tert-OH is 1. The minimum Gasteiger partial charge on any atom is -0.491 e. The highest BCUT2D eigenvalue weighted by Gasteiger charge is 2.44. The molecule has 0 radical (unpaired) electrons. The third kappa shape index (κ3) is 6.59. The number of hydrazone groups is 1. The van der Waals surface area contributed by atoms with Crippen molar-refractivity contribution < 1.29 is 19.3 Å². The van der Waals surface area contributed by atoms with E-state index in [1.807, 2.05) is 36.4 Å². The Kier molecular flexibility index (Phi) is 8.92. The number of anilines is 3. The molecule has 0 saturated carbocycles. The van der Waals surface area contributed by atoms with Crippen LogP contribution in [0.2, 0.25) is 0 Å². The van der Waals surface area contributed by atoms with E-state index >= 15 is 0 Å². The van der Waals surface area contributed by atoms with E-state index in [-0.39, 0.29) is 12.1 Å². The molecule has 7 rings (SSSR count). The van der Waals surface area contributed by atoms with Gasteiger partial charge in [-0.2, -0.15) is 20.1 Å². The van der Waals surface area contributed by atoms with Gasteiger partial charge in [-0.15, -0.1) is 0 Å². The van der Waals surface area contributed by atoms with Crippen molar-refractivity contribution in [1.82, 2.24) is 25.0 Å². The van der Waals surface area contributed by atoms with Crippen molar-refractivity contribution in [3.63, 3.8) is 0 Å². The van der Waals surface area contributed by atoms with Gasteiger partial charge in [-0.3, -0.25) is 9.88 Å². The van der Waals surface area contributed by atoms with Gasteiger partial charge in [-0.05, 0) is 74.0 Å². The Morgan fingerprint density at radius 2 is 1.49 bits per heavy atom. The normalized spacial score (nSPS) is 23.5. The predicted molar refractivity (Wildman–Crippen MR) is 178 cm³/mol. The van der Waals surface area contributed by atoms with Crippen molar-refractivity contribution in [2.45, 2.75) is 51.1 Å². The zero-order valence-corrected chi connectivity index (χ0v) is 26.7. The second-order valence-electron chi connectivity index (χ2n) is 12.0. The van der Waals surface area contributed by atoms with Crippen molar-refractivity contribution in [3.05, 3.63) is 91.0 Å². The molecule has 0 spiro atoms. The maximum atomic E-state index is 10.7. The second-order valence-corrected chi connectivity index (χ2v) is 12.0. The van der Waals surface area contributed by atoms with Gasteiger partial charge in [-0.25, -0.2) is 5.01 Å². The monoisotopic (exact) mass is 639 g/mol. The molecular weight excluding hydrogens is 598 g/mol. The molecule has 47 heavy (non-hydrogen) atoms. The zero-order chi connectivity index (χ0) is 32.2. The molecule has 2 saturated heterocycles. The largest absolute Gasteiger partial charge is 0.491 e. The fourth-order valence-electron chi connectivity index (χ4n) is 6.18. The van der Waals surface area contributed by atoms with Crippen LogP contribution in [-0.2, 0) is 21.8 Å². The average Bonchev–Trinajstić information content (AvgIpc) is 3.89. The van der Waals surface area contributed by atoms with Crippen molar-refractivity contribution in [2.24, 2.45) is 5.10 Å². The predicted octanol–water partition coefficient (Wildman–Crippen LogP) is 3.49. The second kappa shape index (κ2) is 13.6. The SMILES string of the molecule is CCC(C)N1N=CN(c2ccc(N3CCN(c4ccc(OCC5COC(Cn6nccn6)(c6ccncc6)O5)cc4)CC3)cc2)C1O. The van der Waals surface area contributed by atoms with Gasteiger partial charge in [-0.1, -0.05) is 6.92 Å². The Hall–Kier alpha value is -4.72. The van der Waals surface area contributed by atoms with Gasteiger partial charge in [0.1, 0.15) is 31.3 Å². The highest BCUT2D eigenvalue weighted by molar-refractivity contribution is 5.81. The number of benzene rings is 2. The van der Waals surface area contributed by atoms with E-state index in [2.05, 4.69) is 68.2 Å². The molecule has 2 aromatic heterocycles. The summed E-state index contributed by atoms with van der Waals surface area (Å²) in [6.45, 7) is 8.89. The quantitative estimate of drug-likeness (QED) is 0.260. The standard InChI is InChI=1S/C34H41N9O4/c1-3-26(2)43-33(44)41(25-38-43)30-6-4-28(5-7-30)39-18-20-40(21-19-39)29-8-10-31(11-9-29)45-22-32-23-46-34(47-32,24-42-36-16-17-37-42)27-12-14-35-15-13-27/h4-17,25-26,32-33,44H,3,18-24H2,1-2H3. The minimum absolute atomic E-state index is 0.170. The topological polar surface area (TPSA) is 117 Å². The van der Waals surface area contributed by atoms with Gasteiger partial charge >= 0.3 is 0 Å². The van der Waals surface area contributed by atoms with Crippen LogP contribution in [0.4, 0.5) is 17.1 Å². The lowest BCUT2D eigenvalue weighted by molar-refractivity contribution is -0.192. The van der Waals surface area contributed by atoms with E-state index in [0.29, 0.717) is 19.8 Å². The summed E-state index contributed by atoms with van der Waals surface area (Å²) in [5.41, 5.74) is 4.13. The fraction of sp³-hybridized carbons (Fsp3) is 0.412. The first kappa shape index (κ1) is 30.9. The maximum absolute atomic E-state index is 10.7. The summed E-state index contributed by atoms with van der Waals surface area (Å²) >= 11 is 0. The van der Waals surface area contributed by atoms with Crippen LogP contribution in [0.3, 0.4) is 0 Å². The first-order chi connectivity index (χ1) is 23.0. The maximum Gasteiger partial charge on any atom is 0.228 e. The van der Waals surface area contributed by atoms with E-state index in [1.54, 1.807) is 45.8 Å². The summed E-state index contributed by atoms with van der Waals surface area (Å²) in [6.07, 6.45) is 8.30. The van der Waals surface area contributed by atoms with E-state index in [1.165, 1.54) is 11.4 Å². The zero-order valence-electron chi connectivity index (χ0n) is 26.7. The number of aromatic nitrogens is 4. The van der Waals surface area contributed by atoms with Gasteiger partial charge in [0.05, 0.1) is 19.0 Å². The lowest BCUT2D eigenvalue weighted by atomic mass is 10.1. The number of rotatable bonds is 11. The lowest BCUT2D eigenvalue weighted by Gasteiger charge is -2.37. The third-order valence-electron chi connectivity index (χ3n) is 9.06. The van der Waals surface area contributed by atoms with Crippen molar-refractivity contribution in [3.8, 4) is 5.75 Å². The molecule has 0 amide bonds. The summed E-state index contributed by atoms with van der Waals surface area (Å²) in [5.74, 6) is -0.226. The number of pyridine rings is 1. The van der Waals surface area contributed by atoms with Gasteiger partial charge in [0.25, 0.3) is 0 Å². The van der Waals surface area contributed by atoms with Crippen LogP contribution in [0, 0.1) is 0 Å². The molecule has 3 aliphatic heterocycles. The van der Waals surface area contributed by atoms with E-state index < -0.39 is 12.1 Å². The molecule has 5 heterocycles. The molecule has 3 aliphatic rings. The number of ether oxygens (including phenoxy) is 3. The number of aliphatic hydroxyl groups is 1. The lowest BCUT2D eigenvalue weighted by Crippen LogP contribution is -2.46. The average molecular weight is 640 g/mol. The Balaban J connectivity index is 0.897. The Morgan fingerprint density at radius 3 is 2.13 bits per heavy atom. The van der Waals surface area contributed by atoms with Crippen LogP contribution < -0.4 is 19.4 Å². The highest BCUT2D eigenvalue weighted by atomic mass is 16.8. The highest BCUT2D eigenvalue weighted by Crippen LogP contribution is 2.36. The van der Waals surface area contributed by atoms with Gasteiger partial charge in [0.2, 0.25) is 12.1 Å². The minimum atomic E-state index is -1.01. The Bertz CT molecular complexity index is 1600. The van der Waals surface area contributed by atoms with E-state index in [4.69, 9.17) is 14.2 Å². The smallest absolute Gasteiger partial charge is 0.228 e. The molecule has 0 bridgehead atoms. The number of hydrogen-bond acceptors (Lipinski definition) is 12. The van der Waals surface area contributed by atoms with Gasteiger partial charge in [0.15, 0.2) is 0 Å². The van der Waals surface area contributed by atoms with E-state index in [0.717, 1.165) is 49.6 Å². The van der Waals surface area contributed by atoms with Crippen LogP contribution in [-0.4, -0.2) is 94.3 Å². The molecule has 4 unspecified atom stereocenters. The van der Waals surface area contributed by atoms with Crippen LogP contribution >= 0.6 is 0 Å². The summed E-state index contributed by atoms with van der Waals surface area (Å²) < 4.78 is 18.8. The summed E-state index contributed by atoms with van der Waals surface area (Å²) in [7, 11) is 0. The van der Waals surface area contributed by atoms with Crippen LogP contribution in [0.5, 0.6) is 5.75 Å². The molecule has 4 atom stereocenters. The molecule has 4 aromatic rings.